The van der Waals surface area contributed by atoms with Crippen LogP contribution in [-0.2, 0) is 10.0 Å². The van der Waals surface area contributed by atoms with E-state index in [0.29, 0.717) is 17.2 Å². The molecule has 1 aliphatic heterocycles. The highest BCUT2D eigenvalue weighted by Gasteiger charge is 2.15. The van der Waals surface area contributed by atoms with Crippen molar-refractivity contribution < 1.29 is 22.6 Å². The van der Waals surface area contributed by atoms with Crippen LogP contribution in [0.4, 0.5) is 0 Å². The Morgan fingerprint density at radius 2 is 1.73 bits per heavy atom. The van der Waals surface area contributed by atoms with Crippen LogP contribution in [0.15, 0.2) is 65.6 Å². The number of hydrogen-bond donors (Lipinski definition) is 1. The van der Waals surface area contributed by atoms with Gasteiger partial charge in [0.05, 0.1) is 4.90 Å². The molecule has 4 rings (SSSR count). The third kappa shape index (κ3) is 3.44. The third-order valence-electron chi connectivity index (χ3n) is 4.04. The van der Waals surface area contributed by atoms with Crippen molar-refractivity contribution in [3.8, 4) is 17.2 Å². The van der Waals surface area contributed by atoms with E-state index in [1.807, 2.05) is 24.3 Å². The van der Waals surface area contributed by atoms with Gasteiger partial charge in [-0.3, -0.25) is 0 Å². The van der Waals surface area contributed by atoms with Crippen molar-refractivity contribution in [2.24, 2.45) is 0 Å². The second kappa shape index (κ2) is 6.86. The van der Waals surface area contributed by atoms with Gasteiger partial charge in [0, 0.05) is 12.6 Å². The Morgan fingerprint density at radius 3 is 2.62 bits per heavy atom. The van der Waals surface area contributed by atoms with Gasteiger partial charge in [0.2, 0.25) is 16.8 Å². The van der Waals surface area contributed by atoms with Gasteiger partial charge in [-0.2, -0.15) is 0 Å². The number of sulfonamides is 1. The molecular formula is C19H17NO5S. The molecule has 26 heavy (non-hydrogen) atoms. The normalized spacial score (nSPS) is 13.1. The Bertz CT molecular complexity index is 1050. The van der Waals surface area contributed by atoms with Crippen LogP contribution in [0.5, 0.6) is 17.2 Å². The summed E-state index contributed by atoms with van der Waals surface area (Å²) in [7, 11) is -3.59. The van der Waals surface area contributed by atoms with Gasteiger partial charge >= 0.3 is 0 Å². The van der Waals surface area contributed by atoms with Crippen molar-refractivity contribution in [1.29, 1.82) is 0 Å². The van der Waals surface area contributed by atoms with Crippen LogP contribution in [-0.4, -0.2) is 28.4 Å². The first-order valence-electron chi connectivity index (χ1n) is 8.13. The Kier molecular flexibility index (Phi) is 4.40. The zero-order valence-corrected chi connectivity index (χ0v) is 14.7. The van der Waals surface area contributed by atoms with E-state index in [-0.39, 0.29) is 24.8 Å². The zero-order valence-electron chi connectivity index (χ0n) is 13.8. The van der Waals surface area contributed by atoms with Gasteiger partial charge in [0.15, 0.2) is 11.5 Å². The highest BCUT2D eigenvalue weighted by atomic mass is 32.2. The molecule has 0 saturated carbocycles. The average molecular weight is 371 g/mol. The molecule has 134 valence electrons. The summed E-state index contributed by atoms with van der Waals surface area (Å²) >= 11 is 0. The third-order valence-corrected chi connectivity index (χ3v) is 5.50. The smallest absolute Gasteiger partial charge is 0.240 e. The van der Waals surface area contributed by atoms with Crippen LogP contribution in [0.25, 0.3) is 10.8 Å². The molecular weight excluding hydrogens is 354 g/mol. The van der Waals surface area contributed by atoms with E-state index < -0.39 is 10.0 Å². The molecule has 0 aliphatic carbocycles. The van der Waals surface area contributed by atoms with Crippen LogP contribution in [0.3, 0.4) is 0 Å². The lowest BCUT2D eigenvalue weighted by Crippen LogP contribution is -2.28. The van der Waals surface area contributed by atoms with E-state index >= 15 is 0 Å². The minimum atomic E-state index is -3.59. The van der Waals surface area contributed by atoms with Crippen molar-refractivity contribution in [3.05, 3.63) is 60.7 Å². The molecule has 7 heteroatoms. The number of hydrogen-bond acceptors (Lipinski definition) is 5. The molecule has 0 amide bonds. The van der Waals surface area contributed by atoms with Crippen molar-refractivity contribution in [3.63, 3.8) is 0 Å². The summed E-state index contributed by atoms with van der Waals surface area (Å²) in [5.74, 6) is 1.90. The monoisotopic (exact) mass is 371 g/mol. The number of ether oxygens (including phenoxy) is 3. The van der Waals surface area contributed by atoms with Crippen molar-refractivity contribution in [1.82, 2.24) is 4.72 Å². The molecule has 0 unspecified atom stereocenters. The van der Waals surface area contributed by atoms with Gasteiger partial charge < -0.3 is 14.2 Å². The number of fused-ring (bicyclic) bond motifs is 2. The summed E-state index contributed by atoms with van der Waals surface area (Å²) in [5, 5.41) is 1.88. The van der Waals surface area contributed by atoms with Gasteiger partial charge in [-0.15, -0.1) is 0 Å². The predicted octanol–water partition coefficient (Wildman–Crippen LogP) is 2.93. The van der Waals surface area contributed by atoms with Crippen molar-refractivity contribution in [2.75, 3.05) is 19.9 Å². The molecule has 6 nitrogen and oxygen atoms in total. The quantitative estimate of drug-likeness (QED) is 0.675. The fraction of sp³-hybridized carbons (Fsp3) is 0.158. The van der Waals surface area contributed by atoms with E-state index in [1.54, 1.807) is 36.4 Å². The maximum absolute atomic E-state index is 12.4. The lowest BCUT2D eigenvalue weighted by Gasteiger charge is -2.09. The maximum atomic E-state index is 12.4. The summed E-state index contributed by atoms with van der Waals surface area (Å²) in [6.45, 7) is 0.556. The van der Waals surface area contributed by atoms with Gasteiger partial charge in [-0.1, -0.05) is 30.3 Å². The Hall–Kier alpha value is -2.77. The molecule has 0 radical (unpaired) electrons. The molecule has 0 spiro atoms. The molecule has 3 aromatic rings. The van der Waals surface area contributed by atoms with E-state index in [1.165, 1.54) is 0 Å². The largest absolute Gasteiger partial charge is 0.492 e. The maximum Gasteiger partial charge on any atom is 0.240 e. The SMILES string of the molecule is O=S(=O)(NCCOc1ccc2c(c1)OCO2)c1ccc2ccccc2c1. The number of benzene rings is 3. The van der Waals surface area contributed by atoms with Crippen molar-refractivity contribution >= 4 is 20.8 Å². The average Bonchev–Trinajstić information content (AvgIpc) is 3.13. The molecule has 1 N–H and O–H groups in total. The van der Waals surface area contributed by atoms with Gasteiger partial charge in [0.25, 0.3) is 0 Å². The topological polar surface area (TPSA) is 73.9 Å². The van der Waals surface area contributed by atoms with Gasteiger partial charge in [0.1, 0.15) is 12.4 Å². The first kappa shape index (κ1) is 16.7. The molecule has 0 saturated heterocycles. The minimum absolute atomic E-state index is 0.156. The fourth-order valence-corrected chi connectivity index (χ4v) is 3.78. The molecule has 0 atom stereocenters. The molecule has 0 aromatic heterocycles. The number of nitrogens with one attached hydrogen (secondary N) is 1. The molecule has 0 fully saturated rings. The Morgan fingerprint density at radius 1 is 0.923 bits per heavy atom. The Balaban J connectivity index is 1.37. The van der Waals surface area contributed by atoms with Crippen LogP contribution in [0.2, 0.25) is 0 Å². The van der Waals surface area contributed by atoms with E-state index in [0.717, 1.165) is 10.8 Å². The molecule has 0 bridgehead atoms. The zero-order chi connectivity index (χ0) is 18.0. The predicted molar refractivity (Wildman–Crippen MR) is 97.2 cm³/mol. The highest BCUT2D eigenvalue weighted by Crippen LogP contribution is 2.35. The van der Waals surface area contributed by atoms with Crippen LogP contribution >= 0.6 is 0 Å². The fourth-order valence-electron chi connectivity index (χ4n) is 2.73. The van der Waals surface area contributed by atoms with Gasteiger partial charge in [-0.05, 0) is 35.0 Å². The first-order chi connectivity index (χ1) is 12.6. The highest BCUT2D eigenvalue weighted by molar-refractivity contribution is 7.89. The summed E-state index contributed by atoms with van der Waals surface area (Å²) in [6, 6.07) is 17.9. The molecule has 1 aliphatic rings. The minimum Gasteiger partial charge on any atom is -0.492 e. The Labute approximate surface area is 151 Å². The summed E-state index contributed by atoms with van der Waals surface area (Å²) in [5.41, 5.74) is 0. The lowest BCUT2D eigenvalue weighted by molar-refractivity contribution is 0.173. The lowest BCUT2D eigenvalue weighted by atomic mass is 10.1. The summed E-state index contributed by atoms with van der Waals surface area (Å²) < 4.78 is 43.5. The van der Waals surface area contributed by atoms with Crippen LogP contribution in [0.1, 0.15) is 0 Å². The standard InChI is InChI=1S/C19H17NO5S/c21-26(22,17-7-5-14-3-1-2-4-15(14)11-17)20-9-10-23-16-6-8-18-19(12-16)25-13-24-18/h1-8,11-12,20H,9-10,13H2. The summed E-state index contributed by atoms with van der Waals surface area (Å²) in [4.78, 5) is 0.235. The van der Waals surface area contributed by atoms with Crippen LogP contribution < -0.4 is 18.9 Å². The van der Waals surface area contributed by atoms with E-state index in [4.69, 9.17) is 14.2 Å². The molecule has 3 aromatic carbocycles. The second-order valence-electron chi connectivity index (χ2n) is 5.77. The van der Waals surface area contributed by atoms with Crippen LogP contribution in [0, 0.1) is 0 Å². The second-order valence-corrected chi connectivity index (χ2v) is 7.54. The van der Waals surface area contributed by atoms with Crippen molar-refractivity contribution in [2.45, 2.75) is 4.90 Å². The van der Waals surface area contributed by atoms with E-state index in [2.05, 4.69) is 4.72 Å². The first-order valence-corrected chi connectivity index (χ1v) is 9.61. The molecule has 1 heterocycles. The van der Waals surface area contributed by atoms with Gasteiger partial charge in [-0.25, -0.2) is 13.1 Å². The summed E-state index contributed by atoms with van der Waals surface area (Å²) in [6.07, 6.45) is 0. The number of rotatable bonds is 6. The van der Waals surface area contributed by atoms with E-state index in [9.17, 15) is 8.42 Å².